The van der Waals surface area contributed by atoms with Crippen molar-refractivity contribution in [2.45, 2.75) is 6.61 Å². The second-order valence-electron chi connectivity index (χ2n) is 10.8. The Morgan fingerprint density at radius 2 is 0.857 bits per heavy atom. The summed E-state index contributed by atoms with van der Waals surface area (Å²) < 4.78 is 35.1. The first-order valence-electron chi connectivity index (χ1n) is 14.6. The SMILES string of the molecule is COC(=O)CN(CC(=O)OC)CC(COCc1ccc([N+](=O)[O-])cc1)(CN(CC(=O)OC)CC(=O)OC)CN(CC(=O)OC)CC(=O)OC. The molecule has 49 heavy (non-hydrogen) atoms. The molecule has 1 rings (SSSR count). The largest absolute Gasteiger partial charge is 0.468 e. The maximum absolute atomic E-state index is 12.5. The molecule has 0 bridgehead atoms. The number of nitro benzene ring substituents is 1. The summed E-state index contributed by atoms with van der Waals surface area (Å²) in [6, 6.07) is 5.57. The smallest absolute Gasteiger partial charge is 0.319 e. The Kier molecular flexibility index (Phi) is 19.0. The number of rotatable bonds is 23. The van der Waals surface area contributed by atoms with Crippen molar-refractivity contribution >= 4 is 41.5 Å². The van der Waals surface area contributed by atoms with Crippen molar-refractivity contribution in [3.8, 4) is 0 Å². The quantitative estimate of drug-likeness (QED) is 0.0581. The van der Waals surface area contributed by atoms with Gasteiger partial charge in [0.25, 0.3) is 5.69 Å². The number of methoxy groups -OCH3 is 6. The van der Waals surface area contributed by atoms with E-state index >= 15 is 0 Å². The van der Waals surface area contributed by atoms with Crippen LogP contribution in [0.1, 0.15) is 5.56 Å². The zero-order chi connectivity index (χ0) is 37.0. The Morgan fingerprint density at radius 1 is 0.571 bits per heavy atom. The Balaban J connectivity index is 3.84. The van der Waals surface area contributed by atoms with Gasteiger partial charge in [0.15, 0.2) is 0 Å². The topological polar surface area (TPSA) is 220 Å². The lowest BCUT2D eigenvalue weighted by Gasteiger charge is -2.43. The Bertz CT molecular complexity index is 1120. The monoisotopic (exact) mass is 700 g/mol. The molecule has 19 heteroatoms. The number of nitro groups is 1. The molecule has 0 aliphatic rings. The van der Waals surface area contributed by atoms with E-state index in [2.05, 4.69) is 0 Å². The van der Waals surface area contributed by atoms with Crippen LogP contribution in [-0.2, 0) is 68.5 Å². The van der Waals surface area contributed by atoms with Gasteiger partial charge in [0.1, 0.15) is 0 Å². The van der Waals surface area contributed by atoms with Crippen LogP contribution in [0.2, 0.25) is 0 Å². The van der Waals surface area contributed by atoms with Gasteiger partial charge in [-0.2, -0.15) is 0 Å². The summed E-state index contributed by atoms with van der Waals surface area (Å²) in [5, 5.41) is 11.1. The number of carbonyl (C=O) groups is 6. The lowest BCUT2D eigenvalue weighted by Crippen LogP contribution is -2.57. The highest BCUT2D eigenvalue weighted by Crippen LogP contribution is 2.26. The van der Waals surface area contributed by atoms with Crippen molar-refractivity contribution in [1.29, 1.82) is 0 Å². The van der Waals surface area contributed by atoms with Gasteiger partial charge in [0.05, 0.1) is 100 Å². The van der Waals surface area contributed by atoms with E-state index < -0.39 is 85.4 Å². The molecular formula is C30H44N4O15. The highest BCUT2D eigenvalue weighted by atomic mass is 16.6. The molecule has 0 aliphatic carbocycles. The Morgan fingerprint density at radius 3 is 1.10 bits per heavy atom. The molecule has 0 aromatic heterocycles. The van der Waals surface area contributed by atoms with Crippen LogP contribution in [0.3, 0.4) is 0 Å². The molecule has 0 fully saturated rings. The van der Waals surface area contributed by atoms with Gasteiger partial charge in [0.2, 0.25) is 0 Å². The summed E-state index contributed by atoms with van der Waals surface area (Å²) in [6.45, 7) is -3.45. The molecule has 0 saturated heterocycles. The highest BCUT2D eigenvalue weighted by Gasteiger charge is 2.40. The van der Waals surface area contributed by atoms with Gasteiger partial charge in [-0.15, -0.1) is 0 Å². The third-order valence-electron chi connectivity index (χ3n) is 6.98. The van der Waals surface area contributed by atoms with Gasteiger partial charge in [-0.25, -0.2) is 0 Å². The van der Waals surface area contributed by atoms with Crippen molar-refractivity contribution in [2.24, 2.45) is 5.41 Å². The number of esters is 6. The molecule has 0 radical (unpaired) electrons. The summed E-state index contributed by atoms with van der Waals surface area (Å²) >= 11 is 0. The standard InChI is InChI=1S/C30H44N4O15/c1-43-24(35)11-31(12-25(36)44-2)18-30(19-32(13-26(37)45-3)14-27(38)46-4,20-33(15-28(39)47-5)16-29(40)48-6)21-49-17-22-7-9-23(10-8-22)34(41)42/h7-10H,11-21H2,1-6H3. The maximum Gasteiger partial charge on any atom is 0.319 e. The summed E-state index contributed by atoms with van der Waals surface area (Å²) in [5.74, 6) is -4.30. The molecule has 0 heterocycles. The third-order valence-corrected chi connectivity index (χ3v) is 6.98. The minimum atomic E-state index is -1.35. The first kappa shape index (κ1) is 42.3. The lowest BCUT2D eigenvalue weighted by molar-refractivity contribution is -0.384. The summed E-state index contributed by atoms with van der Waals surface area (Å²) in [5.41, 5.74) is -0.947. The first-order valence-corrected chi connectivity index (χ1v) is 14.6. The molecule has 0 unspecified atom stereocenters. The molecule has 0 amide bonds. The highest BCUT2D eigenvalue weighted by molar-refractivity contribution is 5.76. The van der Waals surface area contributed by atoms with Gasteiger partial charge in [-0.05, 0) is 17.7 Å². The predicted molar refractivity (Wildman–Crippen MR) is 167 cm³/mol. The van der Waals surface area contributed by atoms with Crippen LogP contribution in [0.25, 0.3) is 0 Å². The number of ether oxygens (including phenoxy) is 7. The molecule has 0 atom stereocenters. The van der Waals surface area contributed by atoms with Gasteiger partial charge >= 0.3 is 35.8 Å². The molecule has 19 nitrogen and oxygen atoms in total. The summed E-state index contributed by atoms with van der Waals surface area (Å²) in [7, 11) is 6.93. The molecular weight excluding hydrogens is 656 g/mol. The maximum atomic E-state index is 12.5. The minimum Gasteiger partial charge on any atom is -0.468 e. The van der Waals surface area contributed by atoms with Gasteiger partial charge in [0, 0.05) is 37.2 Å². The van der Waals surface area contributed by atoms with Crippen LogP contribution < -0.4 is 0 Å². The van der Waals surface area contributed by atoms with Crippen molar-refractivity contribution in [3.63, 3.8) is 0 Å². The van der Waals surface area contributed by atoms with E-state index in [9.17, 15) is 38.9 Å². The van der Waals surface area contributed by atoms with Gasteiger partial charge in [-0.1, -0.05) is 0 Å². The average Bonchev–Trinajstić information content (AvgIpc) is 3.07. The predicted octanol–water partition coefficient (Wildman–Crippen LogP) is -0.958. The van der Waals surface area contributed by atoms with Crippen LogP contribution >= 0.6 is 0 Å². The molecule has 1 aromatic carbocycles. The van der Waals surface area contributed by atoms with E-state index in [1.54, 1.807) is 0 Å². The van der Waals surface area contributed by atoms with E-state index in [1.807, 2.05) is 0 Å². The van der Waals surface area contributed by atoms with E-state index in [1.165, 1.54) is 39.0 Å². The van der Waals surface area contributed by atoms with Crippen LogP contribution in [0.4, 0.5) is 5.69 Å². The normalized spacial score (nSPS) is 11.2. The van der Waals surface area contributed by atoms with Crippen molar-refractivity contribution in [1.82, 2.24) is 14.7 Å². The molecule has 0 spiro atoms. The molecule has 1 aromatic rings. The Hall–Kier alpha value is -4.72. The first-order chi connectivity index (χ1) is 23.2. The van der Waals surface area contributed by atoms with Crippen molar-refractivity contribution in [3.05, 3.63) is 39.9 Å². The molecule has 0 N–H and O–H groups in total. The van der Waals surface area contributed by atoms with Crippen molar-refractivity contribution < 1.29 is 66.8 Å². The second-order valence-corrected chi connectivity index (χ2v) is 10.8. The number of hydrogen-bond acceptors (Lipinski definition) is 18. The fourth-order valence-electron chi connectivity index (χ4n) is 4.80. The third kappa shape index (κ3) is 16.3. The van der Waals surface area contributed by atoms with Gasteiger partial charge < -0.3 is 33.2 Å². The minimum absolute atomic E-state index is 0.0875. The summed E-state index contributed by atoms with van der Waals surface area (Å²) in [6.07, 6.45) is 0. The van der Waals surface area contributed by atoms with Crippen LogP contribution in [0, 0.1) is 15.5 Å². The number of non-ortho nitro benzene ring substituents is 1. The second kappa shape index (κ2) is 22.0. The fourth-order valence-corrected chi connectivity index (χ4v) is 4.80. The average molecular weight is 701 g/mol. The van der Waals surface area contributed by atoms with E-state index in [-0.39, 0.29) is 38.5 Å². The zero-order valence-corrected chi connectivity index (χ0v) is 28.5. The molecule has 274 valence electrons. The zero-order valence-electron chi connectivity index (χ0n) is 28.5. The van der Waals surface area contributed by atoms with Crippen LogP contribution in [-0.4, -0.2) is 164 Å². The van der Waals surface area contributed by atoms with Gasteiger partial charge in [-0.3, -0.25) is 53.6 Å². The Labute approximate surface area is 283 Å². The van der Waals surface area contributed by atoms with Crippen LogP contribution in [0.15, 0.2) is 24.3 Å². The molecule has 0 saturated carbocycles. The number of benzene rings is 1. The van der Waals surface area contributed by atoms with E-state index in [0.717, 1.165) is 42.7 Å². The fraction of sp³-hybridized carbons (Fsp3) is 0.600. The van der Waals surface area contributed by atoms with E-state index in [0.29, 0.717) is 5.56 Å². The summed E-state index contributed by atoms with van der Waals surface area (Å²) in [4.78, 5) is 89.6. The number of carbonyl (C=O) groups excluding carboxylic acids is 6. The van der Waals surface area contributed by atoms with Crippen molar-refractivity contribution in [2.75, 3.05) is 108 Å². The lowest BCUT2D eigenvalue weighted by atomic mass is 9.85. The number of hydrogen-bond donors (Lipinski definition) is 0. The van der Waals surface area contributed by atoms with E-state index in [4.69, 9.17) is 33.2 Å². The molecule has 0 aliphatic heterocycles. The van der Waals surface area contributed by atoms with Crippen LogP contribution in [0.5, 0.6) is 0 Å². The number of nitrogens with zero attached hydrogens (tertiary/aromatic N) is 4.